The van der Waals surface area contributed by atoms with E-state index in [1.54, 1.807) is 11.3 Å². The molecule has 3 heteroatoms. The Morgan fingerprint density at radius 3 is 2.71 bits per heavy atom. The second-order valence-corrected chi connectivity index (χ2v) is 6.17. The summed E-state index contributed by atoms with van der Waals surface area (Å²) in [5.74, 6) is 1.92. The topological polar surface area (TPSA) is 20.3 Å². The molecule has 2 heterocycles. The van der Waals surface area contributed by atoms with Crippen LogP contribution in [0.1, 0.15) is 36.4 Å². The van der Waals surface area contributed by atoms with Gasteiger partial charge in [-0.05, 0) is 36.2 Å². The molecule has 2 nitrogen and oxygen atoms in total. The molecule has 0 N–H and O–H groups in total. The predicted octanol–water partition coefficient (Wildman–Crippen LogP) is 3.30. The van der Waals surface area contributed by atoms with Crippen LogP contribution in [0.25, 0.3) is 0 Å². The molecular formula is C14H21NOS. The Kier molecular flexibility index (Phi) is 4.35. The molecular weight excluding hydrogens is 230 g/mol. The summed E-state index contributed by atoms with van der Waals surface area (Å²) < 4.78 is 0. The fourth-order valence-electron chi connectivity index (χ4n) is 2.46. The van der Waals surface area contributed by atoms with Crippen molar-refractivity contribution in [3.05, 3.63) is 22.4 Å². The summed E-state index contributed by atoms with van der Waals surface area (Å²) in [5.41, 5.74) is 0. The summed E-state index contributed by atoms with van der Waals surface area (Å²) >= 11 is 1.55. The second-order valence-electron chi connectivity index (χ2n) is 5.22. The van der Waals surface area contributed by atoms with Gasteiger partial charge in [-0.3, -0.25) is 4.79 Å². The number of hydrogen-bond donors (Lipinski definition) is 0. The van der Waals surface area contributed by atoms with E-state index in [1.165, 1.54) is 13.1 Å². The Hall–Kier alpha value is -0.670. The molecule has 0 amide bonds. The molecule has 2 atom stereocenters. The fourth-order valence-corrected chi connectivity index (χ4v) is 3.15. The summed E-state index contributed by atoms with van der Waals surface area (Å²) in [5, 5.41) is 1.97. The first-order chi connectivity index (χ1) is 8.16. The molecule has 0 radical (unpaired) electrons. The Bertz CT molecular complexity index is 350. The van der Waals surface area contributed by atoms with Crippen molar-refractivity contribution in [2.45, 2.75) is 26.7 Å². The molecule has 1 aromatic rings. The van der Waals surface area contributed by atoms with Gasteiger partial charge < -0.3 is 4.90 Å². The average molecular weight is 251 g/mol. The quantitative estimate of drug-likeness (QED) is 0.748. The van der Waals surface area contributed by atoms with Gasteiger partial charge in [-0.25, -0.2) is 0 Å². The van der Waals surface area contributed by atoms with Crippen molar-refractivity contribution < 1.29 is 4.79 Å². The maximum Gasteiger partial charge on any atom is 0.172 e. The van der Waals surface area contributed by atoms with Crippen LogP contribution < -0.4 is 0 Å². The van der Waals surface area contributed by atoms with Gasteiger partial charge in [0.15, 0.2) is 5.78 Å². The number of hydrogen-bond acceptors (Lipinski definition) is 3. The van der Waals surface area contributed by atoms with E-state index in [9.17, 15) is 4.79 Å². The molecule has 1 aliphatic heterocycles. The SMILES string of the molecule is CC1CN(CCCC(=O)c2cccs2)CC1C. The first-order valence-corrected chi connectivity index (χ1v) is 7.34. The highest BCUT2D eigenvalue weighted by Crippen LogP contribution is 2.22. The lowest BCUT2D eigenvalue weighted by atomic mass is 10.0. The minimum absolute atomic E-state index is 0.306. The number of likely N-dealkylation sites (tertiary alicyclic amines) is 1. The number of carbonyl (C=O) groups is 1. The van der Waals surface area contributed by atoms with E-state index in [1.807, 2.05) is 17.5 Å². The molecule has 0 bridgehead atoms. The summed E-state index contributed by atoms with van der Waals surface area (Å²) in [4.78, 5) is 15.2. The van der Waals surface area contributed by atoms with Gasteiger partial charge in [0, 0.05) is 19.5 Å². The maximum absolute atomic E-state index is 11.8. The second kappa shape index (κ2) is 5.78. The van der Waals surface area contributed by atoms with E-state index in [4.69, 9.17) is 0 Å². The van der Waals surface area contributed by atoms with Crippen molar-refractivity contribution in [1.82, 2.24) is 4.90 Å². The largest absolute Gasteiger partial charge is 0.303 e. The zero-order valence-electron chi connectivity index (χ0n) is 10.7. The lowest BCUT2D eigenvalue weighted by Gasteiger charge is -2.14. The number of nitrogens with zero attached hydrogens (tertiary/aromatic N) is 1. The zero-order chi connectivity index (χ0) is 12.3. The lowest BCUT2D eigenvalue weighted by Crippen LogP contribution is -2.22. The molecule has 17 heavy (non-hydrogen) atoms. The summed E-state index contributed by atoms with van der Waals surface area (Å²) in [7, 11) is 0. The molecule has 0 saturated carbocycles. The van der Waals surface area contributed by atoms with E-state index in [-0.39, 0.29) is 0 Å². The van der Waals surface area contributed by atoms with Crippen molar-refractivity contribution >= 4 is 17.1 Å². The summed E-state index contributed by atoms with van der Waals surface area (Å²) in [6.45, 7) is 8.12. The highest BCUT2D eigenvalue weighted by molar-refractivity contribution is 7.12. The molecule has 2 unspecified atom stereocenters. The van der Waals surface area contributed by atoms with Crippen molar-refractivity contribution in [2.24, 2.45) is 11.8 Å². The third-order valence-corrected chi connectivity index (χ3v) is 4.65. The zero-order valence-corrected chi connectivity index (χ0v) is 11.5. The van der Waals surface area contributed by atoms with Gasteiger partial charge >= 0.3 is 0 Å². The number of Topliss-reactive ketones (excluding diaryl/α,β-unsaturated/α-hetero) is 1. The molecule has 1 saturated heterocycles. The molecule has 2 rings (SSSR count). The van der Waals surface area contributed by atoms with Crippen LogP contribution in [-0.4, -0.2) is 30.3 Å². The Morgan fingerprint density at radius 1 is 1.41 bits per heavy atom. The fraction of sp³-hybridized carbons (Fsp3) is 0.643. The van der Waals surface area contributed by atoms with Gasteiger partial charge in [0.25, 0.3) is 0 Å². The normalized spacial score (nSPS) is 25.3. The van der Waals surface area contributed by atoms with Gasteiger partial charge in [0.1, 0.15) is 0 Å². The first kappa shape index (κ1) is 12.8. The highest BCUT2D eigenvalue weighted by Gasteiger charge is 2.25. The van der Waals surface area contributed by atoms with Crippen molar-refractivity contribution in [1.29, 1.82) is 0 Å². The van der Waals surface area contributed by atoms with Crippen molar-refractivity contribution in [3.63, 3.8) is 0 Å². The molecule has 1 aliphatic rings. The molecule has 0 spiro atoms. The summed E-state index contributed by atoms with van der Waals surface area (Å²) in [6.07, 6.45) is 1.69. The van der Waals surface area contributed by atoms with E-state index in [2.05, 4.69) is 18.7 Å². The van der Waals surface area contributed by atoms with E-state index in [0.717, 1.165) is 29.7 Å². The molecule has 94 valence electrons. The average Bonchev–Trinajstić information content (AvgIpc) is 2.90. The molecule has 0 aromatic carbocycles. The van der Waals surface area contributed by atoms with Crippen molar-refractivity contribution in [3.8, 4) is 0 Å². The maximum atomic E-state index is 11.8. The number of ketones is 1. The molecule has 1 aromatic heterocycles. The van der Waals surface area contributed by atoms with E-state index < -0.39 is 0 Å². The Morgan fingerprint density at radius 2 is 2.12 bits per heavy atom. The standard InChI is InChI=1S/C14H21NOS/c1-11-9-15(10-12(11)2)7-3-5-13(16)14-6-4-8-17-14/h4,6,8,11-12H,3,5,7,9-10H2,1-2H3. The van der Waals surface area contributed by atoms with Gasteiger partial charge in [0.05, 0.1) is 4.88 Å². The highest BCUT2D eigenvalue weighted by atomic mass is 32.1. The first-order valence-electron chi connectivity index (χ1n) is 6.46. The van der Waals surface area contributed by atoms with Crippen LogP contribution in [0.4, 0.5) is 0 Å². The van der Waals surface area contributed by atoms with Crippen LogP contribution in [0, 0.1) is 11.8 Å². The van der Waals surface area contributed by atoms with Crippen LogP contribution in [0.2, 0.25) is 0 Å². The predicted molar refractivity (Wildman–Crippen MR) is 72.7 cm³/mol. The van der Waals surface area contributed by atoms with Crippen LogP contribution >= 0.6 is 11.3 Å². The monoisotopic (exact) mass is 251 g/mol. The molecule has 1 fully saturated rings. The van der Waals surface area contributed by atoms with Crippen molar-refractivity contribution in [2.75, 3.05) is 19.6 Å². The lowest BCUT2D eigenvalue weighted by molar-refractivity contribution is 0.0980. The van der Waals surface area contributed by atoms with Crippen LogP contribution in [-0.2, 0) is 0 Å². The van der Waals surface area contributed by atoms with E-state index >= 15 is 0 Å². The minimum Gasteiger partial charge on any atom is -0.303 e. The third-order valence-electron chi connectivity index (χ3n) is 3.74. The van der Waals surface area contributed by atoms with Crippen LogP contribution in [0.3, 0.4) is 0 Å². The third kappa shape index (κ3) is 3.39. The number of thiophene rings is 1. The minimum atomic E-state index is 0.306. The van der Waals surface area contributed by atoms with Gasteiger partial charge in [-0.1, -0.05) is 19.9 Å². The van der Waals surface area contributed by atoms with Crippen LogP contribution in [0.15, 0.2) is 17.5 Å². The smallest absolute Gasteiger partial charge is 0.172 e. The number of rotatable bonds is 5. The van der Waals surface area contributed by atoms with Gasteiger partial charge in [-0.15, -0.1) is 11.3 Å². The summed E-state index contributed by atoms with van der Waals surface area (Å²) in [6, 6.07) is 3.87. The Labute approximate surface area is 108 Å². The number of carbonyl (C=O) groups excluding carboxylic acids is 1. The van der Waals surface area contributed by atoms with Gasteiger partial charge in [-0.2, -0.15) is 0 Å². The van der Waals surface area contributed by atoms with Gasteiger partial charge in [0.2, 0.25) is 0 Å². The Balaban J connectivity index is 1.68. The van der Waals surface area contributed by atoms with E-state index in [0.29, 0.717) is 12.2 Å². The molecule has 0 aliphatic carbocycles. The van der Waals surface area contributed by atoms with Crippen LogP contribution in [0.5, 0.6) is 0 Å².